The number of nitrogens with two attached hydrogens (primary N) is 1. The standard InChI is InChI=1S/C14H27N5O/c1-6-11-9-18(7-8-19(11)10(2)3)13-17-16-12(20-13)14(4,5)15/h10-11H,6-9,15H2,1-5H3. The van der Waals surface area contributed by atoms with Gasteiger partial charge in [0, 0.05) is 31.7 Å². The summed E-state index contributed by atoms with van der Waals surface area (Å²) < 4.78 is 5.74. The molecule has 0 aliphatic carbocycles. The molecule has 2 N–H and O–H groups in total. The summed E-state index contributed by atoms with van der Waals surface area (Å²) in [4.78, 5) is 4.72. The number of hydrogen-bond donors (Lipinski definition) is 1. The maximum Gasteiger partial charge on any atom is 0.318 e. The second-order valence-electron chi connectivity index (χ2n) is 6.45. The van der Waals surface area contributed by atoms with Gasteiger partial charge in [0.2, 0.25) is 5.89 Å². The summed E-state index contributed by atoms with van der Waals surface area (Å²) in [5, 5.41) is 8.23. The van der Waals surface area contributed by atoms with Crippen LogP contribution in [0, 0.1) is 0 Å². The Kier molecular flexibility index (Phi) is 4.34. The van der Waals surface area contributed by atoms with Crippen LogP contribution >= 0.6 is 0 Å². The fraction of sp³-hybridized carbons (Fsp3) is 0.857. The molecular weight excluding hydrogens is 254 g/mol. The van der Waals surface area contributed by atoms with Crippen LogP contribution in [0.3, 0.4) is 0 Å². The van der Waals surface area contributed by atoms with Gasteiger partial charge in [0.15, 0.2) is 0 Å². The molecule has 0 saturated carbocycles. The van der Waals surface area contributed by atoms with E-state index >= 15 is 0 Å². The normalized spacial score (nSPS) is 21.8. The Morgan fingerprint density at radius 1 is 1.35 bits per heavy atom. The smallest absolute Gasteiger partial charge is 0.318 e. The van der Waals surface area contributed by atoms with Crippen molar-refractivity contribution >= 4 is 6.01 Å². The van der Waals surface area contributed by atoms with E-state index in [1.807, 2.05) is 13.8 Å². The molecule has 1 unspecified atom stereocenters. The molecule has 1 fully saturated rings. The molecule has 1 saturated heterocycles. The number of piperazine rings is 1. The second kappa shape index (κ2) is 5.69. The SMILES string of the molecule is CCC1CN(c2nnc(C(C)(C)N)o2)CCN1C(C)C. The third-order valence-electron chi connectivity index (χ3n) is 3.90. The molecular formula is C14H27N5O. The lowest BCUT2D eigenvalue weighted by Gasteiger charge is -2.42. The van der Waals surface area contributed by atoms with E-state index < -0.39 is 5.54 Å². The Bertz CT molecular complexity index is 437. The van der Waals surface area contributed by atoms with Crippen molar-refractivity contribution in [2.24, 2.45) is 5.73 Å². The topological polar surface area (TPSA) is 71.4 Å². The van der Waals surface area contributed by atoms with Gasteiger partial charge in [-0.2, -0.15) is 0 Å². The van der Waals surface area contributed by atoms with Crippen LogP contribution in [0.2, 0.25) is 0 Å². The van der Waals surface area contributed by atoms with Gasteiger partial charge in [-0.15, -0.1) is 5.10 Å². The molecule has 1 aliphatic heterocycles. The van der Waals surface area contributed by atoms with Crippen LogP contribution in [0.25, 0.3) is 0 Å². The minimum atomic E-state index is -0.588. The Hall–Kier alpha value is -1.14. The minimum absolute atomic E-state index is 0.492. The fourth-order valence-corrected chi connectivity index (χ4v) is 2.69. The van der Waals surface area contributed by atoms with Gasteiger partial charge >= 0.3 is 6.01 Å². The summed E-state index contributed by atoms with van der Waals surface area (Å²) in [6.07, 6.45) is 1.12. The molecule has 1 aliphatic rings. The lowest BCUT2D eigenvalue weighted by atomic mass is 10.1. The van der Waals surface area contributed by atoms with Gasteiger partial charge in [-0.1, -0.05) is 12.0 Å². The highest BCUT2D eigenvalue weighted by atomic mass is 16.4. The molecule has 0 bridgehead atoms. The molecule has 1 aromatic heterocycles. The van der Waals surface area contributed by atoms with Crippen molar-refractivity contribution in [1.82, 2.24) is 15.1 Å². The van der Waals surface area contributed by atoms with Gasteiger partial charge in [-0.3, -0.25) is 4.90 Å². The van der Waals surface area contributed by atoms with Crippen LogP contribution in [0.5, 0.6) is 0 Å². The van der Waals surface area contributed by atoms with Crippen LogP contribution in [-0.4, -0.2) is 46.8 Å². The van der Waals surface area contributed by atoms with E-state index in [2.05, 4.69) is 40.8 Å². The molecule has 1 atom stereocenters. The van der Waals surface area contributed by atoms with E-state index in [0.29, 0.717) is 24.0 Å². The number of anilines is 1. The van der Waals surface area contributed by atoms with Crippen molar-refractivity contribution in [3.05, 3.63) is 5.89 Å². The van der Waals surface area contributed by atoms with Crippen LogP contribution in [0.4, 0.5) is 6.01 Å². The monoisotopic (exact) mass is 281 g/mol. The lowest BCUT2D eigenvalue weighted by Crippen LogP contribution is -2.55. The Labute approximate surface area is 121 Å². The molecule has 20 heavy (non-hydrogen) atoms. The van der Waals surface area contributed by atoms with Crippen molar-refractivity contribution in [2.75, 3.05) is 24.5 Å². The first-order chi connectivity index (χ1) is 9.32. The number of aromatic nitrogens is 2. The van der Waals surface area contributed by atoms with E-state index in [-0.39, 0.29) is 0 Å². The largest absolute Gasteiger partial charge is 0.406 e. The fourth-order valence-electron chi connectivity index (χ4n) is 2.69. The van der Waals surface area contributed by atoms with Crippen LogP contribution in [0.1, 0.15) is 46.9 Å². The average Bonchev–Trinajstić information content (AvgIpc) is 2.87. The maximum atomic E-state index is 5.99. The summed E-state index contributed by atoms with van der Waals surface area (Å²) in [6.45, 7) is 13.3. The van der Waals surface area contributed by atoms with Crippen molar-refractivity contribution in [3.8, 4) is 0 Å². The Balaban J connectivity index is 2.09. The first-order valence-electron chi connectivity index (χ1n) is 7.46. The Morgan fingerprint density at radius 3 is 2.55 bits per heavy atom. The second-order valence-corrected chi connectivity index (χ2v) is 6.45. The van der Waals surface area contributed by atoms with E-state index in [1.54, 1.807) is 0 Å². The molecule has 114 valence electrons. The van der Waals surface area contributed by atoms with Gasteiger partial charge in [-0.25, -0.2) is 0 Å². The minimum Gasteiger partial charge on any atom is -0.406 e. The van der Waals surface area contributed by atoms with Gasteiger partial charge in [0.25, 0.3) is 0 Å². The molecule has 2 rings (SSSR count). The molecule has 0 radical (unpaired) electrons. The van der Waals surface area contributed by atoms with Crippen molar-refractivity contribution in [1.29, 1.82) is 0 Å². The van der Waals surface area contributed by atoms with Crippen molar-refractivity contribution in [3.63, 3.8) is 0 Å². The third-order valence-corrected chi connectivity index (χ3v) is 3.90. The zero-order valence-electron chi connectivity index (χ0n) is 13.3. The Morgan fingerprint density at radius 2 is 2.05 bits per heavy atom. The predicted octanol–water partition coefficient (Wildman–Crippen LogP) is 1.57. The predicted molar refractivity (Wildman–Crippen MR) is 79.6 cm³/mol. The zero-order valence-corrected chi connectivity index (χ0v) is 13.3. The highest BCUT2D eigenvalue weighted by Gasteiger charge is 2.31. The average molecular weight is 281 g/mol. The highest BCUT2D eigenvalue weighted by Crippen LogP contribution is 2.23. The van der Waals surface area contributed by atoms with E-state index in [1.165, 1.54) is 0 Å². The number of nitrogens with zero attached hydrogens (tertiary/aromatic N) is 4. The summed E-state index contributed by atoms with van der Waals surface area (Å²) in [5.74, 6) is 0.492. The van der Waals surface area contributed by atoms with Crippen molar-refractivity contribution in [2.45, 2.75) is 58.7 Å². The van der Waals surface area contributed by atoms with Gasteiger partial charge in [-0.05, 0) is 34.1 Å². The van der Waals surface area contributed by atoms with Crippen LogP contribution < -0.4 is 10.6 Å². The van der Waals surface area contributed by atoms with Crippen LogP contribution in [-0.2, 0) is 5.54 Å². The molecule has 6 heteroatoms. The summed E-state index contributed by atoms with van der Waals surface area (Å²) in [6, 6.07) is 1.70. The summed E-state index contributed by atoms with van der Waals surface area (Å²) in [5.41, 5.74) is 5.40. The highest BCUT2D eigenvalue weighted by molar-refractivity contribution is 5.26. The molecule has 1 aromatic rings. The molecule has 2 heterocycles. The van der Waals surface area contributed by atoms with Gasteiger partial charge in [0.05, 0.1) is 5.54 Å². The number of rotatable bonds is 4. The van der Waals surface area contributed by atoms with E-state index in [4.69, 9.17) is 10.2 Å². The van der Waals surface area contributed by atoms with Gasteiger partial charge < -0.3 is 15.1 Å². The van der Waals surface area contributed by atoms with Gasteiger partial charge in [0.1, 0.15) is 0 Å². The summed E-state index contributed by atoms with van der Waals surface area (Å²) in [7, 11) is 0. The molecule has 0 amide bonds. The molecule has 0 spiro atoms. The molecule has 0 aromatic carbocycles. The van der Waals surface area contributed by atoms with Crippen molar-refractivity contribution < 1.29 is 4.42 Å². The summed E-state index contributed by atoms with van der Waals surface area (Å²) >= 11 is 0. The van der Waals surface area contributed by atoms with E-state index in [0.717, 1.165) is 26.1 Å². The quantitative estimate of drug-likeness (QED) is 0.903. The van der Waals surface area contributed by atoms with E-state index in [9.17, 15) is 0 Å². The first kappa shape index (κ1) is 15.3. The van der Waals surface area contributed by atoms with Crippen LogP contribution in [0.15, 0.2) is 4.42 Å². The zero-order chi connectivity index (χ0) is 14.9. The third kappa shape index (κ3) is 3.12. The number of hydrogen-bond acceptors (Lipinski definition) is 6. The molecule has 6 nitrogen and oxygen atoms in total. The lowest BCUT2D eigenvalue weighted by molar-refractivity contribution is 0.130. The maximum absolute atomic E-state index is 5.99. The first-order valence-corrected chi connectivity index (χ1v) is 7.46.